The van der Waals surface area contributed by atoms with Gasteiger partial charge in [0.1, 0.15) is 6.54 Å². The molecule has 3 N–H and O–H groups in total. The fourth-order valence-corrected chi connectivity index (χ4v) is 5.30. The molecule has 5 rings (SSSR count). The lowest BCUT2D eigenvalue weighted by atomic mass is 9.58. The molecule has 0 bridgehead atoms. The maximum absolute atomic E-state index is 13.4. The van der Waals surface area contributed by atoms with Crippen molar-refractivity contribution in [2.24, 2.45) is 11.3 Å². The molecule has 1 aliphatic carbocycles. The molecule has 3 heterocycles. The van der Waals surface area contributed by atoms with Gasteiger partial charge in [-0.15, -0.1) is 0 Å². The number of quaternary nitrogens is 1. The van der Waals surface area contributed by atoms with Gasteiger partial charge in [-0.05, 0) is 36.3 Å². The summed E-state index contributed by atoms with van der Waals surface area (Å²) in [6, 6.07) is 4.26. The second kappa shape index (κ2) is 6.10. The van der Waals surface area contributed by atoms with Crippen LogP contribution in [0.3, 0.4) is 0 Å². The third-order valence-corrected chi connectivity index (χ3v) is 6.88. The van der Waals surface area contributed by atoms with E-state index in [2.05, 4.69) is 16.0 Å². The minimum Gasteiger partial charge on any atom is -0.624 e. The van der Waals surface area contributed by atoms with Gasteiger partial charge in [0, 0.05) is 43.7 Å². The van der Waals surface area contributed by atoms with Gasteiger partial charge in [-0.2, -0.15) is 0 Å². The molecule has 2 unspecified atom stereocenters. The Kier molecular flexibility index (Phi) is 3.88. The molecule has 2 saturated heterocycles. The van der Waals surface area contributed by atoms with Gasteiger partial charge in [0.05, 0.1) is 5.56 Å². The monoisotopic (exact) mass is 384 g/mol. The number of nitrogens with one attached hydrogen (secondary N) is 3. The van der Waals surface area contributed by atoms with Crippen LogP contribution in [0.5, 0.6) is 0 Å². The van der Waals surface area contributed by atoms with E-state index in [4.69, 9.17) is 0 Å². The van der Waals surface area contributed by atoms with Crippen molar-refractivity contribution in [3.05, 3.63) is 34.5 Å². The fourth-order valence-electron chi connectivity index (χ4n) is 5.30. The number of nitrogens with zero attached hydrogens (tertiary/aromatic N) is 1. The number of hydroxylamine groups is 3. The van der Waals surface area contributed by atoms with Crippen LogP contribution in [0.15, 0.2) is 18.2 Å². The standard InChI is InChI=1S/C20H24N4O4/c25-17-5-4-16(18(26)23-17)24(28)9-14-13(19(24)27)2-1-3-15(14)22-8-12-6-20(7-12)10-21-11-20/h1-3,12,16,21-22H,4-11H2,(H,23,25,26). The molecular formula is C20H24N4O4. The summed E-state index contributed by atoms with van der Waals surface area (Å²) in [5, 5.41) is 22.4. The first-order chi connectivity index (χ1) is 13.4. The van der Waals surface area contributed by atoms with E-state index in [0.717, 1.165) is 25.3 Å². The molecule has 0 aromatic heterocycles. The second-order valence-electron chi connectivity index (χ2n) is 8.82. The van der Waals surface area contributed by atoms with Crippen LogP contribution in [0.1, 0.15) is 41.6 Å². The van der Waals surface area contributed by atoms with E-state index < -0.39 is 22.5 Å². The average molecular weight is 384 g/mol. The van der Waals surface area contributed by atoms with Gasteiger partial charge in [-0.1, -0.05) is 6.07 Å². The summed E-state index contributed by atoms with van der Waals surface area (Å²) >= 11 is 0. The molecule has 0 radical (unpaired) electrons. The van der Waals surface area contributed by atoms with E-state index in [1.807, 2.05) is 6.07 Å². The summed E-state index contributed by atoms with van der Waals surface area (Å²) in [6.45, 7) is 2.98. The van der Waals surface area contributed by atoms with Gasteiger partial charge < -0.3 is 15.8 Å². The Bertz CT molecular complexity index is 873. The maximum Gasteiger partial charge on any atom is 0.347 e. The number of carbonyl (C=O) groups is 3. The lowest BCUT2D eigenvalue weighted by Gasteiger charge is -2.54. The molecule has 8 heteroatoms. The van der Waals surface area contributed by atoms with Gasteiger partial charge >= 0.3 is 5.91 Å². The van der Waals surface area contributed by atoms with Gasteiger partial charge in [0.25, 0.3) is 5.91 Å². The summed E-state index contributed by atoms with van der Waals surface area (Å²) in [7, 11) is 0. The number of hydrogen-bond acceptors (Lipinski definition) is 6. The second-order valence-corrected chi connectivity index (χ2v) is 8.82. The number of anilines is 1. The van der Waals surface area contributed by atoms with Crippen LogP contribution < -0.4 is 16.0 Å². The van der Waals surface area contributed by atoms with E-state index in [-0.39, 0.29) is 25.3 Å². The molecule has 148 valence electrons. The lowest BCUT2D eigenvalue weighted by molar-refractivity contribution is -0.825. The zero-order valence-corrected chi connectivity index (χ0v) is 15.6. The van der Waals surface area contributed by atoms with Crippen LogP contribution in [0.25, 0.3) is 0 Å². The first-order valence-corrected chi connectivity index (χ1v) is 9.94. The molecule has 1 aromatic carbocycles. The highest BCUT2D eigenvalue weighted by atomic mass is 16.6. The van der Waals surface area contributed by atoms with E-state index in [1.54, 1.807) is 12.1 Å². The fraction of sp³-hybridized carbons (Fsp3) is 0.550. The van der Waals surface area contributed by atoms with Crippen molar-refractivity contribution in [2.75, 3.05) is 25.0 Å². The summed E-state index contributed by atoms with van der Waals surface area (Å²) in [6.07, 6.45) is 2.61. The van der Waals surface area contributed by atoms with Crippen LogP contribution >= 0.6 is 0 Å². The molecule has 3 amide bonds. The van der Waals surface area contributed by atoms with Crippen LogP contribution in [-0.2, 0) is 16.1 Å². The molecule has 1 spiro atoms. The molecule has 3 fully saturated rings. The van der Waals surface area contributed by atoms with Gasteiger partial charge in [-0.3, -0.25) is 19.6 Å². The summed E-state index contributed by atoms with van der Waals surface area (Å²) in [5.41, 5.74) is 2.39. The van der Waals surface area contributed by atoms with Crippen LogP contribution in [0.4, 0.5) is 5.69 Å². The Balaban J connectivity index is 1.32. The zero-order chi connectivity index (χ0) is 19.5. The number of rotatable bonds is 4. The molecule has 8 nitrogen and oxygen atoms in total. The average Bonchev–Trinajstić information content (AvgIpc) is 2.85. The molecule has 2 atom stereocenters. The smallest absolute Gasteiger partial charge is 0.347 e. The minimum absolute atomic E-state index is 0.0673. The third kappa shape index (κ3) is 2.59. The van der Waals surface area contributed by atoms with Gasteiger partial charge in [-0.25, -0.2) is 4.79 Å². The Morgan fingerprint density at radius 2 is 2.00 bits per heavy atom. The van der Waals surface area contributed by atoms with Crippen molar-refractivity contribution in [3.63, 3.8) is 0 Å². The molecular weight excluding hydrogens is 360 g/mol. The van der Waals surface area contributed by atoms with Crippen molar-refractivity contribution < 1.29 is 19.0 Å². The Hall–Kier alpha value is -2.29. The quantitative estimate of drug-likeness (QED) is 0.404. The van der Waals surface area contributed by atoms with Crippen molar-refractivity contribution in [1.82, 2.24) is 10.6 Å². The van der Waals surface area contributed by atoms with Crippen LogP contribution in [0.2, 0.25) is 0 Å². The van der Waals surface area contributed by atoms with E-state index in [9.17, 15) is 19.6 Å². The lowest BCUT2D eigenvalue weighted by Crippen LogP contribution is -2.61. The Morgan fingerprint density at radius 1 is 1.21 bits per heavy atom. The maximum atomic E-state index is 13.4. The number of hydrogen-bond donors (Lipinski definition) is 3. The molecule has 28 heavy (non-hydrogen) atoms. The number of benzene rings is 1. The molecule has 1 saturated carbocycles. The summed E-state index contributed by atoms with van der Waals surface area (Å²) < 4.78 is -1.23. The van der Waals surface area contributed by atoms with Crippen LogP contribution in [0, 0.1) is 16.5 Å². The predicted octanol–water partition coefficient (Wildman–Crippen LogP) is 0.872. The number of fused-ring (bicyclic) bond motifs is 1. The van der Waals surface area contributed by atoms with Gasteiger partial charge in [0.2, 0.25) is 5.91 Å². The highest BCUT2D eigenvalue weighted by Crippen LogP contribution is 2.48. The van der Waals surface area contributed by atoms with E-state index >= 15 is 0 Å². The van der Waals surface area contributed by atoms with Crippen molar-refractivity contribution in [3.8, 4) is 0 Å². The predicted molar refractivity (Wildman–Crippen MR) is 101 cm³/mol. The zero-order valence-electron chi connectivity index (χ0n) is 15.6. The third-order valence-electron chi connectivity index (χ3n) is 6.88. The SMILES string of the molecule is O=C1CCC([N+]2([O-])Cc3c(NCC4CC5(CNC5)C4)cccc3C2=O)C(=O)N1. The minimum atomic E-state index is -1.23. The summed E-state index contributed by atoms with van der Waals surface area (Å²) in [4.78, 5) is 36.5. The van der Waals surface area contributed by atoms with Crippen molar-refractivity contribution >= 4 is 23.4 Å². The number of carbonyl (C=O) groups excluding carboxylic acids is 3. The largest absolute Gasteiger partial charge is 0.624 e. The summed E-state index contributed by atoms with van der Waals surface area (Å²) in [5.74, 6) is -1.01. The molecule has 3 aliphatic heterocycles. The first kappa shape index (κ1) is 17.8. The molecule has 4 aliphatic rings. The highest BCUT2D eigenvalue weighted by Gasteiger charge is 2.50. The Labute approximate surface area is 162 Å². The normalized spacial score (nSPS) is 31.2. The topological polar surface area (TPSA) is 110 Å². The first-order valence-electron chi connectivity index (χ1n) is 9.94. The van der Waals surface area contributed by atoms with Crippen LogP contribution in [-0.4, -0.2) is 48.0 Å². The number of piperidine rings is 1. The van der Waals surface area contributed by atoms with Crippen molar-refractivity contribution in [1.29, 1.82) is 0 Å². The number of amides is 3. The van der Waals surface area contributed by atoms with E-state index in [0.29, 0.717) is 22.5 Å². The Morgan fingerprint density at radius 3 is 2.68 bits per heavy atom. The van der Waals surface area contributed by atoms with Gasteiger partial charge in [0.15, 0.2) is 6.04 Å². The van der Waals surface area contributed by atoms with E-state index in [1.165, 1.54) is 12.8 Å². The van der Waals surface area contributed by atoms with Crippen molar-refractivity contribution in [2.45, 2.75) is 38.3 Å². The number of imide groups is 1. The highest BCUT2D eigenvalue weighted by molar-refractivity contribution is 6.02. The molecule has 1 aromatic rings.